The first-order chi connectivity index (χ1) is 6.79. The number of benzene rings is 1. The molecule has 0 fully saturated rings. The fraction of sp³-hybridized carbons (Fsp3) is 0.455. The van der Waals surface area contributed by atoms with Gasteiger partial charge in [-0.25, -0.2) is 0 Å². The highest BCUT2D eigenvalue weighted by Crippen LogP contribution is 2.16. The molecule has 0 aliphatic rings. The van der Waals surface area contributed by atoms with Crippen molar-refractivity contribution in [3.05, 3.63) is 35.9 Å². The molecule has 14 heavy (non-hydrogen) atoms. The van der Waals surface area contributed by atoms with Crippen molar-refractivity contribution < 1.29 is 9.84 Å². The van der Waals surface area contributed by atoms with Crippen LogP contribution < -0.4 is 5.32 Å². The quantitative estimate of drug-likeness (QED) is 0.735. The highest BCUT2D eigenvalue weighted by Gasteiger charge is 2.18. The zero-order chi connectivity index (χ0) is 10.4. The molecule has 3 nitrogen and oxygen atoms in total. The van der Waals surface area contributed by atoms with Crippen molar-refractivity contribution in [2.75, 3.05) is 20.8 Å². The Morgan fingerprint density at radius 1 is 1.36 bits per heavy atom. The topological polar surface area (TPSA) is 41.5 Å². The van der Waals surface area contributed by atoms with Crippen LogP contribution in [0.15, 0.2) is 30.3 Å². The molecule has 0 radical (unpaired) electrons. The normalized spacial score (nSPS) is 15.1. The van der Waals surface area contributed by atoms with Crippen LogP contribution in [0.4, 0.5) is 0 Å². The minimum atomic E-state index is -0.527. The average molecular weight is 195 g/mol. The van der Waals surface area contributed by atoms with E-state index >= 15 is 0 Å². The number of methoxy groups -OCH3 is 1. The van der Waals surface area contributed by atoms with E-state index in [0.717, 1.165) is 5.56 Å². The number of ether oxygens (including phenoxy) is 1. The van der Waals surface area contributed by atoms with Crippen molar-refractivity contribution >= 4 is 0 Å². The Hall–Kier alpha value is -0.900. The lowest BCUT2D eigenvalue weighted by Gasteiger charge is -2.21. The second-order valence-corrected chi connectivity index (χ2v) is 3.21. The zero-order valence-electron chi connectivity index (χ0n) is 8.60. The van der Waals surface area contributed by atoms with E-state index in [1.54, 1.807) is 7.11 Å². The van der Waals surface area contributed by atoms with Crippen molar-refractivity contribution in [1.29, 1.82) is 0 Å². The lowest BCUT2D eigenvalue weighted by molar-refractivity contribution is 0.0734. The summed E-state index contributed by atoms with van der Waals surface area (Å²) >= 11 is 0. The van der Waals surface area contributed by atoms with Crippen molar-refractivity contribution in [1.82, 2.24) is 5.32 Å². The van der Waals surface area contributed by atoms with Crippen LogP contribution in [0, 0.1) is 0 Å². The monoisotopic (exact) mass is 195 g/mol. The van der Waals surface area contributed by atoms with E-state index in [-0.39, 0.29) is 6.04 Å². The maximum Gasteiger partial charge on any atom is 0.0965 e. The van der Waals surface area contributed by atoms with Crippen molar-refractivity contribution in [2.45, 2.75) is 12.1 Å². The molecule has 3 heteroatoms. The van der Waals surface area contributed by atoms with Crippen molar-refractivity contribution in [3.8, 4) is 0 Å². The minimum Gasteiger partial charge on any atom is -0.387 e. The number of rotatable bonds is 5. The van der Waals surface area contributed by atoms with Crippen LogP contribution in [0.25, 0.3) is 0 Å². The molecule has 1 aromatic carbocycles. The van der Waals surface area contributed by atoms with Crippen LogP contribution in [0.2, 0.25) is 0 Å². The summed E-state index contributed by atoms with van der Waals surface area (Å²) in [5.74, 6) is 0. The maximum atomic E-state index is 9.97. The Labute approximate surface area is 84.7 Å². The van der Waals surface area contributed by atoms with Crippen LogP contribution in [0.1, 0.15) is 11.7 Å². The number of likely N-dealkylation sites (N-methyl/N-ethyl adjacent to an activating group) is 1. The van der Waals surface area contributed by atoms with Crippen LogP contribution in [-0.2, 0) is 4.74 Å². The number of hydrogen-bond acceptors (Lipinski definition) is 3. The molecule has 0 saturated heterocycles. The SMILES string of the molecule is CN[C@@H](COC)[C@@H](O)c1ccccc1. The molecule has 0 amide bonds. The predicted molar refractivity (Wildman–Crippen MR) is 56.1 cm³/mol. The summed E-state index contributed by atoms with van der Waals surface area (Å²) < 4.78 is 5.01. The van der Waals surface area contributed by atoms with Gasteiger partial charge in [-0.05, 0) is 12.6 Å². The average Bonchev–Trinajstić information content (AvgIpc) is 2.26. The lowest BCUT2D eigenvalue weighted by atomic mass is 10.0. The van der Waals surface area contributed by atoms with Crippen LogP contribution >= 0.6 is 0 Å². The lowest BCUT2D eigenvalue weighted by Crippen LogP contribution is -2.36. The second kappa shape index (κ2) is 5.75. The fourth-order valence-electron chi connectivity index (χ4n) is 1.39. The Morgan fingerprint density at radius 3 is 2.50 bits per heavy atom. The number of aliphatic hydroxyl groups excluding tert-OH is 1. The Balaban J connectivity index is 2.67. The van der Waals surface area contributed by atoms with E-state index in [1.807, 2.05) is 37.4 Å². The molecule has 0 spiro atoms. The van der Waals surface area contributed by atoms with Gasteiger partial charge in [0.05, 0.1) is 18.8 Å². The summed E-state index contributed by atoms with van der Waals surface area (Å²) in [7, 11) is 3.44. The van der Waals surface area contributed by atoms with Gasteiger partial charge >= 0.3 is 0 Å². The molecule has 0 unspecified atom stereocenters. The summed E-state index contributed by atoms with van der Waals surface area (Å²) in [5, 5.41) is 13.0. The number of hydrogen-bond donors (Lipinski definition) is 2. The minimum absolute atomic E-state index is 0.0672. The molecule has 1 rings (SSSR count). The van der Waals surface area contributed by atoms with Crippen LogP contribution in [-0.4, -0.2) is 31.9 Å². The molecule has 1 aromatic rings. The Bertz CT molecular complexity index is 251. The molecular formula is C11H17NO2. The van der Waals surface area contributed by atoms with Gasteiger partial charge < -0.3 is 15.2 Å². The Morgan fingerprint density at radius 2 is 2.00 bits per heavy atom. The maximum absolute atomic E-state index is 9.97. The largest absolute Gasteiger partial charge is 0.387 e. The smallest absolute Gasteiger partial charge is 0.0965 e. The van der Waals surface area contributed by atoms with Gasteiger partial charge in [-0.1, -0.05) is 30.3 Å². The summed E-state index contributed by atoms with van der Waals surface area (Å²) in [6.45, 7) is 0.493. The highest BCUT2D eigenvalue weighted by atomic mass is 16.5. The van der Waals surface area contributed by atoms with E-state index < -0.39 is 6.10 Å². The first-order valence-corrected chi connectivity index (χ1v) is 4.68. The molecule has 0 saturated carbocycles. The summed E-state index contributed by atoms with van der Waals surface area (Å²) in [5.41, 5.74) is 0.906. The van der Waals surface area contributed by atoms with Crippen molar-refractivity contribution in [3.63, 3.8) is 0 Å². The third-order valence-electron chi connectivity index (χ3n) is 2.24. The standard InChI is InChI=1S/C11H17NO2/c1-12-10(8-14-2)11(13)9-6-4-3-5-7-9/h3-7,10-13H,8H2,1-2H3/t10-,11-/m0/s1. The first kappa shape index (κ1) is 11.2. The van der Waals surface area contributed by atoms with Crippen LogP contribution in [0.3, 0.4) is 0 Å². The highest BCUT2D eigenvalue weighted by molar-refractivity contribution is 5.18. The van der Waals surface area contributed by atoms with Gasteiger partial charge in [0.25, 0.3) is 0 Å². The molecular weight excluding hydrogens is 178 g/mol. The van der Waals surface area contributed by atoms with Crippen molar-refractivity contribution in [2.24, 2.45) is 0 Å². The number of nitrogens with one attached hydrogen (secondary N) is 1. The van der Waals surface area contributed by atoms with E-state index in [4.69, 9.17) is 4.74 Å². The van der Waals surface area contributed by atoms with Gasteiger partial charge in [0.2, 0.25) is 0 Å². The van der Waals surface area contributed by atoms with E-state index in [1.165, 1.54) is 0 Å². The summed E-state index contributed by atoms with van der Waals surface area (Å²) in [6, 6.07) is 9.51. The zero-order valence-corrected chi connectivity index (χ0v) is 8.60. The molecule has 2 atom stereocenters. The molecule has 0 heterocycles. The van der Waals surface area contributed by atoms with E-state index in [9.17, 15) is 5.11 Å². The third-order valence-corrected chi connectivity index (χ3v) is 2.24. The fourth-order valence-corrected chi connectivity index (χ4v) is 1.39. The predicted octanol–water partition coefficient (Wildman–Crippen LogP) is 0.954. The molecule has 0 aliphatic heterocycles. The molecule has 0 aromatic heterocycles. The molecule has 78 valence electrons. The van der Waals surface area contributed by atoms with Gasteiger partial charge in [-0.2, -0.15) is 0 Å². The first-order valence-electron chi connectivity index (χ1n) is 4.68. The molecule has 2 N–H and O–H groups in total. The Kier molecular flexibility index (Phi) is 4.59. The molecule has 0 aliphatic carbocycles. The number of aliphatic hydroxyl groups is 1. The van der Waals surface area contributed by atoms with Gasteiger partial charge in [0.15, 0.2) is 0 Å². The van der Waals surface area contributed by atoms with Gasteiger partial charge in [-0.15, -0.1) is 0 Å². The van der Waals surface area contributed by atoms with E-state index in [0.29, 0.717) is 6.61 Å². The summed E-state index contributed by atoms with van der Waals surface area (Å²) in [6.07, 6.45) is -0.527. The van der Waals surface area contributed by atoms with E-state index in [2.05, 4.69) is 5.32 Å². The van der Waals surface area contributed by atoms with Gasteiger partial charge in [-0.3, -0.25) is 0 Å². The third kappa shape index (κ3) is 2.80. The summed E-state index contributed by atoms with van der Waals surface area (Å²) in [4.78, 5) is 0. The van der Waals surface area contributed by atoms with Crippen LogP contribution in [0.5, 0.6) is 0 Å². The molecule has 0 bridgehead atoms. The van der Waals surface area contributed by atoms with Gasteiger partial charge in [0, 0.05) is 7.11 Å². The van der Waals surface area contributed by atoms with Gasteiger partial charge in [0.1, 0.15) is 0 Å². The second-order valence-electron chi connectivity index (χ2n) is 3.21.